The molecule has 0 bridgehead atoms. The van der Waals surface area contributed by atoms with E-state index in [4.69, 9.17) is 5.11 Å². The fourth-order valence-corrected chi connectivity index (χ4v) is 3.44. The molecule has 1 aromatic carbocycles. The smallest absolute Gasteiger partial charge is 0.337 e. The molecule has 2 rings (SSSR count). The number of hydrogen-bond acceptors (Lipinski definition) is 4. The first-order chi connectivity index (χ1) is 9.34. The Morgan fingerprint density at radius 3 is 2.25 bits per heavy atom. The first-order valence-electron chi connectivity index (χ1n) is 5.66. The number of carboxylic acids is 1. The molecule has 0 saturated heterocycles. The van der Waals surface area contributed by atoms with Crippen molar-refractivity contribution in [3.8, 4) is 11.1 Å². The van der Waals surface area contributed by atoms with Gasteiger partial charge in [0.15, 0.2) is 0 Å². The fourth-order valence-electron chi connectivity index (χ4n) is 1.70. The van der Waals surface area contributed by atoms with Crippen molar-refractivity contribution in [3.05, 3.63) is 40.6 Å². The van der Waals surface area contributed by atoms with Crippen LogP contribution in [0.25, 0.3) is 11.1 Å². The average molecular weight is 311 g/mol. The van der Waals surface area contributed by atoms with Gasteiger partial charge in [-0.1, -0.05) is 12.1 Å². The predicted octanol–water partition coefficient (Wildman–Crippen LogP) is 2.36. The number of hydrogen-bond donors (Lipinski definition) is 1. The molecule has 7 heteroatoms. The first kappa shape index (κ1) is 14.7. The van der Waals surface area contributed by atoms with Crippen LogP contribution in [-0.2, 0) is 10.0 Å². The van der Waals surface area contributed by atoms with Gasteiger partial charge in [0.25, 0.3) is 0 Å². The lowest BCUT2D eigenvalue weighted by Gasteiger charge is -2.11. The van der Waals surface area contributed by atoms with Gasteiger partial charge in [-0.15, -0.1) is 0 Å². The van der Waals surface area contributed by atoms with Crippen LogP contribution in [0.3, 0.4) is 0 Å². The SMILES string of the molecule is CN(C)S(=O)(=O)c1ccc(-c2cscc2C(=O)O)cc1. The van der Waals surface area contributed by atoms with E-state index in [1.165, 1.54) is 37.6 Å². The number of carbonyl (C=O) groups is 1. The maximum Gasteiger partial charge on any atom is 0.337 e. The molecule has 0 spiro atoms. The van der Waals surface area contributed by atoms with E-state index in [0.717, 1.165) is 4.31 Å². The zero-order chi connectivity index (χ0) is 14.9. The van der Waals surface area contributed by atoms with Crippen molar-refractivity contribution in [1.82, 2.24) is 4.31 Å². The molecule has 0 radical (unpaired) electrons. The van der Waals surface area contributed by atoms with E-state index in [9.17, 15) is 13.2 Å². The van der Waals surface area contributed by atoms with Gasteiger partial charge in [-0.3, -0.25) is 0 Å². The van der Waals surface area contributed by atoms with E-state index in [2.05, 4.69) is 0 Å². The van der Waals surface area contributed by atoms with Gasteiger partial charge in [0.1, 0.15) is 0 Å². The third-order valence-corrected chi connectivity index (χ3v) is 5.41. The minimum absolute atomic E-state index is 0.179. The quantitative estimate of drug-likeness (QED) is 0.940. The topological polar surface area (TPSA) is 74.7 Å². The Morgan fingerprint density at radius 2 is 1.75 bits per heavy atom. The molecule has 0 amide bonds. The molecule has 0 atom stereocenters. The molecule has 1 N–H and O–H groups in total. The number of sulfonamides is 1. The van der Waals surface area contributed by atoms with Crippen LogP contribution < -0.4 is 0 Å². The highest BCUT2D eigenvalue weighted by atomic mass is 32.2. The van der Waals surface area contributed by atoms with E-state index in [0.29, 0.717) is 11.1 Å². The second kappa shape index (κ2) is 5.35. The average Bonchev–Trinajstić information content (AvgIpc) is 2.88. The molecule has 20 heavy (non-hydrogen) atoms. The summed E-state index contributed by atoms with van der Waals surface area (Å²) >= 11 is 1.30. The second-order valence-electron chi connectivity index (χ2n) is 4.32. The van der Waals surface area contributed by atoms with Crippen molar-refractivity contribution in [1.29, 1.82) is 0 Å². The zero-order valence-corrected chi connectivity index (χ0v) is 12.5. The Bertz CT molecular complexity index is 730. The van der Waals surface area contributed by atoms with Crippen LogP contribution in [0, 0.1) is 0 Å². The summed E-state index contributed by atoms with van der Waals surface area (Å²) in [5.41, 5.74) is 1.50. The summed E-state index contributed by atoms with van der Waals surface area (Å²) in [5, 5.41) is 12.4. The van der Waals surface area contributed by atoms with E-state index >= 15 is 0 Å². The molecule has 0 aliphatic carbocycles. The predicted molar refractivity (Wildman–Crippen MR) is 77.6 cm³/mol. The molecule has 1 heterocycles. The molecule has 106 valence electrons. The molecule has 0 saturated carbocycles. The standard InChI is InChI=1S/C13H13NO4S2/c1-14(2)20(17,18)10-5-3-9(4-6-10)11-7-19-8-12(11)13(15)16/h3-8H,1-2H3,(H,15,16). The van der Waals surface area contributed by atoms with Gasteiger partial charge in [0.05, 0.1) is 10.5 Å². The van der Waals surface area contributed by atoms with E-state index < -0.39 is 16.0 Å². The summed E-state index contributed by atoms with van der Waals surface area (Å²) < 4.78 is 25.0. The fraction of sp³-hybridized carbons (Fsp3) is 0.154. The molecule has 1 aromatic heterocycles. The van der Waals surface area contributed by atoms with Gasteiger partial charge < -0.3 is 5.11 Å². The summed E-state index contributed by atoms with van der Waals surface area (Å²) in [7, 11) is -0.543. The lowest BCUT2D eigenvalue weighted by atomic mass is 10.1. The van der Waals surface area contributed by atoms with Gasteiger partial charge >= 0.3 is 5.97 Å². The number of nitrogens with zero attached hydrogens (tertiary/aromatic N) is 1. The van der Waals surface area contributed by atoms with Crippen LogP contribution in [0.15, 0.2) is 39.9 Å². The Labute approximate surface area is 121 Å². The summed E-state index contributed by atoms with van der Waals surface area (Å²) in [4.78, 5) is 11.3. The van der Waals surface area contributed by atoms with Crippen LogP contribution in [-0.4, -0.2) is 37.9 Å². The van der Waals surface area contributed by atoms with Crippen molar-refractivity contribution in [2.45, 2.75) is 4.90 Å². The number of benzene rings is 1. The summed E-state index contributed by atoms with van der Waals surface area (Å²) in [5.74, 6) is -0.994. The van der Waals surface area contributed by atoms with Crippen LogP contribution in [0.4, 0.5) is 0 Å². The minimum atomic E-state index is -3.47. The van der Waals surface area contributed by atoms with Crippen LogP contribution >= 0.6 is 11.3 Å². The molecular weight excluding hydrogens is 298 g/mol. The van der Waals surface area contributed by atoms with Crippen LogP contribution in [0.5, 0.6) is 0 Å². The highest BCUT2D eigenvalue weighted by molar-refractivity contribution is 7.89. The maximum atomic E-state index is 11.9. The summed E-state index contributed by atoms with van der Waals surface area (Å²) in [6.45, 7) is 0. The summed E-state index contributed by atoms with van der Waals surface area (Å²) in [6, 6.07) is 6.19. The van der Waals surface area contributed by atoms with Gasteiger partial charge in [0, 0.05) is 25.0 Å². The Morgan fingerprint density at radius 1 is 1.15 bits per heavy atom. The normalized spacial score (nSPS) is 11.8. The second-order valence-corrected chi connectivity index (χ2v) is 7.21. The number of aromatic carboxylic acids is 1. The molecular formula is C13H13NO4S2. The molecule has 0 aliphatic rings. The number of thiophene rings is 1. The molecule has 0 aliphatic heterocycles. The largest absolute Gasteiger partial charge is 0.478 e. The zero-order valence-electron chi connectivity index (χ0n) is 10.9. The van der Waals surface area contributed by atoms with Gasteiger partial charge in [-0.25, -0.2) is 17.5 Å². The van der Waals surface area contributed by atoms with Gasteiger partial charge in [-0.05, 0) is 23.1 Å². The molecule has 0 unspecified atom stereocenters. The highest BCUT2D eigenvalue weighted by Crippen LogP contribution is 2.28. The van der Waals surface area contributed by atoms with Crippen molar-refractivity contribution < 1.29 is 18.3 Å². The Balaban J connectivity index is 2.43. The minimum Gasteiger partial charge on any atom is -0.478 e. The van der Waals surface area contributed by atoms with Crippen LogP contribution in [0.2, 0.25) is 0 Å². The molecule has 2 aromatic rings. The maximum absolute atomic E-state index is 11.9. The van der Waals surface area contributed by atoms with E-state index in [1.54, 1.807) is 22.9 Å². The first-order valence-corrected chi connectivity index (χ1v) is 8.05. The monoisotopic (exact) mass is 311 g/mol. The summed E-state index contributed by atoms with van der Waals surface area (Å²) in [6.07, 6.45) is 0. The third kappa shape index (κ3) is 2.60. The van der Waals surface area contributed by atoms with Crippen molar-refractivity contribution >= 4 is 27.3 Å². The van der Waals surface area contributed by atoms with Crippen molar-refractivity contribution in [2.24, 2.45) is 0 Å². The lowest BCUT2D eigenvalue weighted by Crippen LogP contribution is -2.22. The molecule has 0 fully saturated rings. The Hall–Kier alpha value is -1.70. The number of rotatable bonds is 4. The van der Waals surface area contributed by atoms with E-state index in [-0.39, 0.29) is 10.5 Å². The lowest BCUT2D eigenvalue weighted by molar-refractivity contribution is 0.0698. The highest BCUT2D eigenvalue weighted by Gasteiger charge is 2.18. The molecule has 5 nitrogen and oxygen atoms in total. The van der Waals surface area contributed by atoms with Gasteiger partial charge in [-0.2, -0.15) is 11.3 Å². The van der Waals surface area contributed by atoms with E-state index in [1.807, 2.05) is 0 Å². The van der Waals surface area contributed by atoms with Gasteiger partial charge in [0.2, 0.25) is 10.0 Å². The van der Waals surface area contributed by atoms with Crippen LogP contribution in [0.1, 0.15) is 10.4 Å². The third-order valence-electron chi connectivity index (χ3n) is 2.84. The van der Waals surface area contributed by atoms with Crippen molar-refractivity contribution in [3.63, 3.8) is 0 Å². The number of carboxylic acid groups (broad SMARTS) is 1. The van der Waals surface area contributed by atoms with Crippen molar-refractivity contribution in [2.75, 3.05) is 14.1 Å². The Kier molecular flexibility index (Phi) is 3.94.